The Morgan fingerprint density at radius 1 is 0.882 bits per heavy atom. The van der Waals surface area contributed by atoms with Crippen LogP contribution in [0.2, 0.25) is 0 Å². The molecule has 0 aliphatic carbocycles. The summed E-state index contributed by atoms with van der Waals surface area (Å²) >= 11 is 1.19. The molecular formula is C27H20N4O2S. The number of hydrogen-bond donors (Lipinski definition) is 1. The zero-order valence-corrected chi connectivity index (χ0v) is 18.9. The maximum Gasteiger partial charge on any atom is 0.266 e. The van der Waals surface area contributed by atoms with Crippen LogP contribution in [-0.2, 0) is 4.79 Å². The van der Waals surface area contributed by atoms with E-state index in [1.165, 1.54) is 11.8 Å². The molecule has 34 heavy (non-hydrogen) atoms. The van der Waals surface area contributed by atoms with Crippen molar-refractivity contribution in [2.24, 2.45) is 5.10 Å². The van der Waals surface area contributed by atoms with Gasteiger partial charge in [-0.3, -0.25) is 14.2 Å². The van der Waals surface area contributed by atoms with Crippen LogP contribution in [0.3, 0.4) is 0 Å². The number of carbonyl (C=O) groups is 1. The van der Waals surface area contributed by atoms with Gasteiger partial charge in [0.1, 0.15) is 0 Å². The van der Waals surface area contributed by atoms with E-state index < -0.39 is 0 Å². The van der Waals surface area contributed by atoms with Crippen molar-refractivity contribution in [2.75, 3.05) is 5.75 Å². The first-order chi connectivity index (χ1) is 16.7. The van der Waals surface area contributed by atoms with Gasteiger partial charge in [-0.25, -0.2) is 10.4 Å². The van der Waals surface area contributed by atoms with E-state index in [-0.39, 0.29) is 17.2 Å². The van der Waals surface area contributed by atoms with Crippen molar-refractivity contribution in [3.05, 3.63) is 113 Å². The molecule has 7 heteroatoms. The minimum absolute atomic E-state index is 0.0600. The SMILES string of the molecule is O=C(CSc1nc2ccccc2c(=O)n1-c1ccccc1)N/N=C\c1cccc2ccccc12. The molecule has 0 bridgehead atoms. The van der Waals surface area contributed by atoms with Gasteiger partial charge in [-0.05, 0) is 35.0 Å². The van der Waals surface area contributed by atoms with Crippen LogP contribution < -0.4 is 11.0 Å². The lowest BCUT2D eigenvalue weighted by molar-refractivity contribution is -0.118. The van der Waals surface area contributed by atoms with E-state index in [2.05, 4.69) is 15.5 Å². The fourth-order valence-electron chi connectivity index (χ4n) is 3.71. The number of hydrazone groups is 1. The predicted molar refractivity (Wildman–Crippen MR) is 138 cm³/mol. The van der Waals surface area contributed by atoms with Crippen molar-refractivity contribution in [3.8, 4) is 5.69 Å². The van der Waals surface area contributed by atoms with Gasteiger partial charge < -0.3 is 0 Å². The molecule has 0 spiro atoms. The highest BCUT2D eigenvalue weighted by atomic mass is 32.2. The van der Waals surface area contributed by atoms with Gasteiger partial charge in [-0.15, -0.1) is 0 Å². The lowest BCUT2D eigenvalue weighted by Gasteiger charge is -2.12. The molecule has 5 rings (SSSR count). The highest BCUT2D eigenvalue weighted by molar-refractivity contribution is 7.99. The summed E-state index contributed by atoms with van der Waals surface area (Å²) in [5.74, 6) is -0.228. The fraction of sp³-hybridized carbons (Fsp3) is 0.0370. The third-order valence-corrected chi connectivity index (χ3v) is 6.25. The van der Waals surface area contributed by atoms with Gasteiger partial charge in [0.2, 0.25) is 0 Å². The lowest BCUT2D eigenvalue weighted by atomic mass is 10.1. The molecule has 1 aromatic heterocycles. The van der Waals surface area contributed by atoms with Crippen molar-refractivity contribution in [2.45, 2.75) is 5.16 Å². The topological polar surface area (TPSA) is 76.3 Å². The van der Waals surface area contributed by atoms with Gasteiger partial charge in [0.15, 0.2) is 5.16 Å². The van der Waals surface area contributed by atoms with Crippen molar-refractivity contribution >= 4 is 45.6 Å². The number of benzene rings is 4. The monoisotopic (exact) mass is 464 g/mol. The summed E-state index contributed by atoms with van der Waals surface area (Å²) in [6.07, 6.45) is 1.64. The molecule has 0 saturated heterocycles. The lowest BCUT2D eigenvalue weighted by Crippen LogP contribution is -2.24. The zero-order valence-electron chi connectivity index (χ0n) is 18.1. The van der Waals surface area contributed by atoms with E-state index in [1.807, 2.05) is 84.9 Å². The molecule has 0 aliphatic rings. The first-order valence-corrected chi connectivity index (χ1v) is 11.7. The maximum absolute atomic E-state index is 13.2. The number of nitrogens with one attached hydrogen (secondary N) is 1. The number of fused-ring (bicyclic) bond motifs is 2. The smallest absolute Gasteiger partial charge is 0.266 e. The highest BCUT2D eigenvalue weighted by Crippen LogP contribution is 2.21. The van der Waals surface area contributed by atoms with Gasteiger partial charge >= 0.3 is 0 Å². The molecule has 0 unspecified atom stereocenters. The van der Waals surface area contributed by atoms with E-state index in [4.69, 9.17) is 0 Å². The van der Waals surface area contributed by atoms with Crippen LogP contribution in [0.5, 0.6) is 0 Å². The van der Waals surface area contributed by atoms with Gasteiger partial charge in [-0.2, -0.15) is 5.10 Å². The predicted octanol–water partition coefficient (Wildman–Crippen LogP) is 4.78. The number of nitrogens with zero attached hydrogens (tertiary/aromatic N) is 3. The molecule has 0 saturated carbocycles. The van der Waals surface area contributed by atoms with Crippen LogP contribution in [-0.4, -0.2) is 27.4 Å². The summed E-state index contributed by atoms with van der Waals surface area (Å²) in [6, 6.07) is 30.4. The normalized spacial score (nSPS) is 11.3. The molecule has 0 atom stereocenters. The first-order valence-electron chi connectivity index (χ1n) is 10.7. The van der Waals surface area contributed by atoms with Gasteiger partial charge in [-0.1, -0.05) is 84.6 Å². The van der Waals surface area contributed by atoms with Crippen LogP contribution in [0.4, 0.5) is 0 Å². The first kappa shape index (κ1) is 21.6. The summed E-state index contributed by atoms with van der Waals surface area (Å²) in [4.78, 5) is 30.4. The zero-order chi connectivity index (χ0) is 23.3. The molecule has 1 amide bonds. The van der Waals surface area contributed by atoms with E-state index in [0.717, 1.165) is 16.3 Å². The second-order valence-corrected chi connectivity index (χ2v) is 8.48. The second kappa shape index (κ2) is 9.72. The summed E-state index contributed by atoms with van der Waals surface area (Å²) < 4.78 is 1.54. The molecule has 1 heterocycles. The minimum atomic E-state index is -0.288. The van der Waals surface area contributed by atoms with Crippen LogP contribution in [0.25, 0.3) is 27.4 Å². The molecule has 5 aromatic rings. The maximum atomic E-state index is 13.2. The fourth-order valence-corrected chi connectivity index (χ4v) is 4.52. The van der Waals surface area contributed by atoms with Crippen molar-refractivity contribution in [1.82, 2.24) is 15.0 Å². The van der Waals surface area contributed by atoms with Crippen LogP contribution in [0.15, 0.2) is 112 Å². The molecule has 0 aliphatic heterocycles. The molecular weight excluding hydrogens is 444 g/mol. The van der Waals surface area contributed by atoms with Crippen LogP contribution >= 0.6 is 11.8 Å². The number of hydrogen-bond acceptors (Lipinski definition) is 5. The molecule has 4 aromatic carbocycles. The minimum Gasteiger partial charge on any atom is -0.272 e. The molecule has 166 valence electrons. The standard InChI is InChI=1S/C27H20N4O2S/c32-25(30-28-17-20-11-8-10-19-9-4-5-14-22(19)20)18-34-27-29-24-16-7-6-15-23(24)26(33)31(27)21-12-2-1-3-13-21/h1-17H,18H2,(H,30,32)/b28-17-. The Morgan fingerprint density at radius 3 is 2.44 bits per heavy atom. The van der Waals surface area contributed by atoms with Crippen LogP contribution in [0.1, 0.15) is 5.56 Å². The summed E-state index contributed by atoms with van der Waals surface area (Å²) in [5.41, 5.74) is 4.61. The Hall–Kier alpha value is -4.23. The number of para-hydroxylation sites is 2. The van der Waals surface area contributed by atoms with Crippen molar-refractivity contribution < 1.29 is 4.79 Å². The average Bonchev–Trinajstić information content (AvgIpc) is 2.88. The van der Waals surface area contributed by atoms with E-state index in [0.29, 0.717) is 21.7 Å². The molecule has 6 nitrogen and oxygen atoms in total. The Balaban J connectivity index is 1.36. The van der Waals surface area contributed by atoms with Gasteiger partial charge in [0.05, 0.1) is 28.6 Å². The highest BCUT2D eigenvalue weighted by Gasteiger charge is 2.14. The number of amides is 1. The van der Waals surface area contributed by atoms with E-state index in [9.17, 15) is 9.59 Å². The Bertz CT molecular complexity index is 1570. The largest absolute Gasteiger partial charge is 0.272 e. The van der Waals surface area contributed by atoms with Gasteiger partial charge in [0, 0.05) is 5.56 Å². The summed E-state index contributed by atoms with van der Waals surface area (Å²) in [5, 5.41) is 7.27. The molecule has 0 radical (unpaired) electrons. The number of rotatable bonds is 6. The van der Waals surface area contributed by atoms with Crippen molar-refractivity contribution in [3.63, 3.8) is 0 Å². The van der Waals surface area contributed by atoms with E-state index >= 15 is 0 Å². The van der Waals surface area contributed by atoms with Crippen molar-refractivity contribution in [1.29, 1.82) is 0 Å². The van der Waals surface area contributed by atoms with Crippen LogP contribution in [0, 0.1) is 0 Å². The Morgan fingerprint density at radius 2 is 1.59 bits per heavy atom. The second-order valence-electron chi connectivity index (χ2n) is 7.54. The Kier molecular flexibility index (Phi) is 6.18. The van der Waals surface area contributed by atoms with Gasteiger partial charge in [0.25, 0.3) is 11.5 Å². The Labute approximate surface area is 200 Å². The van der Waals surface area contributed by atoms with E-state index in [1.54, 1.807) is 22.9 Å². The third-order valence-electron chi connectivity index (χ3n) is 5.31. The molecule has 0 fully saturated rings. The molecule has 1 N–H and O–H groups in total. The summed E-state index contributed by atoms with van der Waals surface area (Å²) in [7, 11) is 0. The average molecular weight is 465 g/mol. The number of carbonyl (C=O) groups excluding carboxylic acids is 1. The number of aromatic nitrogens is 2. The quantitative estimate of drug-likeness (QED) is 0.170. The number of thioether (sulfide) groups is 1. The third kappa shape index (κ3) is 4.46. The summed E-state index contributed by atoms with van der Waals surface area (Å²) in [6.45, 7) is 0.